The van der Waals surface area contributed by atoms with E-state index in [1.54, 1.807) is 13.8 Å². The van der Waals surface area contributed by atoms with E-state index in [1.165, 1.54) is 0 Å². The predicted octanol–water partition coefficient (Wildman–Crippen LogP) is 13.8. The zero-order valence-electron chi connectivity index (χ0n) is 50.2. The van der Waals surface area contributed by atoms with Gasteiger partial charge in [-0.05, 0) is 126 Å². The third-order valence-electron chi connectivity index (χ3n) is 19.7. The van der Waals surface area contributed by atoms with Crippen LogP contribution in [0.4, 0.5) is 0 Å². The second-order valence-corrected chi connectivity index (χ2v) is 24.5. The Morgan fingerprint density at radius 3 is 1.17 bits per heavy atom. The number of hydrogen-bond acceptors (Lipinski definition) is 12. The fraction of sp³-hybridized carbons (Fsp3) is 0.441. The predicted molar refractivity (Wildman–Crippen MR) is 323 cm³/mol. The molecule has 434 valence electrons. The molecule has 10 heterocycles. The van der Waals surface area contributed by atoms with E-state index in [4.69, 9.17) is 29.4 Å². The number of nitrogens with one attached hydrogen (secondary N) is 4. The fourth-order valence-electron chi connectivity index (χ4n) is 14.9. The van der Waals surface area contributed by atoms with Crippen LogP contribution in [0.5, 0.6) is 0 Å². The van der Waals surface area contributed by atoms with Crippen molar-refractivity contribution in [1.29, 1.82) is 0 Å². The van der Waals surface area contributed by atoms with Gasteiger partial charge in [-0.2, -0.15) is 0 Å². The van der Waals surface area contributed by atoms with Gasteiger partial charge in [0.05, 0.1) is 33.5 Å². The molecule has 16 heteroatoms. The maximum atomic E-state index is 14.0. The number of carbonyl (C=O) groups is 6. The summed E-state index contributed by atoms with van der Waals surface area (Å²) in [5, 5.41) is 0. The Morgan fingerprint density at radius 1 is 0.464 bits per heavy atom. The number of aryl methyl sites for hydroxylation is 4. The molecule has 2 aliphatic carbocycles. The molecule has 6 aliphatic rings. The molecule has 0 aromatic carbocycles. The van der Waals surface area contributed by atoms with Crippen molar-refractivity contribution in [3.63, 3.8) is 0 Å². The van der Waals surface area contributed by atoms with E-state index in [9.17, 15) is 28.8 Å². The number of aromatic amines is 4. The Balaban J connectivity index is 0.775. The van der Waals surface area contributed by atoms with Gasteiger partial charge in [0.1, 0.15) is 13.2 Å². The Labute approximate surface area is 487 Å². The summed E-state index contributed by atoms with van der Waals surface area (Å²) >= 11 is 0. The van der Waals surface area contributed by atoms with E-state index in [1.807, 2.05) is 52.0 Å². The lowest BCUT2D eigenvalue weighted by atomic mass is 9.85. The van der Waals surface area contributed by atoms with Gasteiger partial charge in [-0.25, -0.2) is 0 Å². The summed E-state index contributed by atoms with van der Waals surface area (Å²) in [4.78, 5) is 117. The lowest BCUT2D eigenvalue weighted by Gasteiger charge is -2.17. The van der Waals surface area contributed by atoms with Gasteiger partial charge in [-0.3, -0.25) is 48.7 Å². The number of hydrogen-bond donors (Lipinski definition) is 4. The summed E-state index contributed by atoms with van der Waals surface area (Å²) in [5.74, 6) is -1.29. The molecule has 8 unspecified atom stereocenters. The maximum absolute atomic E-state index is 14.0. The maximum Gasteiger partial charge on any atom is 0.305 e. The van der Waals surface area contributed by atoms with Crippen LogP contribution < -0.4 is 0 Å². The molecule has 0 fully saturated rings. The Hall–Kier alpha value is -8.14. The van der Waals surface area contributed by atoms with Crippen LogP contribution in [-0.4, -0.2) is 88.2 Å². The van der Waals surface area contributed by atoms with Gasteiger partial charge >= 0.3 is 11.9 Å². The number of Topliss-reactive ketones (excluding diaryl/α,β-unsaturated/α-hetero) is 4. The first-order valence-electron chi connectivity index (χ1n) is 30.1. The molecule has 12 rings (SSSR count). The summed E-state index contributed by atoms with van der Waals surface area (Å²) in [7, 11) is 0. The van der Waals surface area contributed by atoms with Crippen molar-refractivity contribution in [3.05, 3.63) is 138 Å². The van der Waals surface area contributed by atoms with Gasteiger partial charge < -0.3 is 29.4 Å². The molecule has 0 saturated heterocycles. The van der Waals surface area contributed by atoms with Crippen LogP contribution in [0.1, 0.15) is 262 Å². The number of aromatic nitrogens is 8. The van der Waals surface area contributed by atoms with Gasteiger partial charge in [-0.1, -0.05) is 41.5 Å². The van der Waals surface area contributed by atoms with Crippen molar-refractivity contribution >= 4 is 79.2 Å². The minimum atomic E-state index is -0.449. The molecular formula is C68H74N8O8. The van der Waals surface area contributed by atoms with Crippen molar-refractivity contribution in [2.24, 2.45) is 0 Å². The van der Waals surface area contributed by atoms with Crippen molar-refractivity contribution in [2.75, 3.05) is 13.2 Å². The average Bonchev–Trinajstić information content (AvgIpc) is 2.05. The third-order valence-corrected chi connectivity index (χ3v) is 19.7. The van der Waals surface area contributed by atoms with Crippen LogP contribution in [0, 0.1) is 27.7 Å². The van der Waals surface area contributed by atoms with Gasteiger partial charge in [-0.15, -0.1) is 0 Å². The fourth-order valence-corrected chi connectivity index (χ4v) is 14.9. The molecule has 4 aliphatic heterocycles. The number of fused-ring (bicyclic) bond motifs is 16. The van der Waals surface area contributed by atoms with E-state index in [2.05, 4.69) is 73.6 Å². The SMILES string of the molecule is CCC1c2cc3[nH]c4c(c5nc(cc6[nH]c(cc(n2)C1C)c(C(C)=O)c6C)C(C)C5CCC(=O)OCCOC(=O)CCC1c2nc(cc5[nH]c(cc6nc(cc7[nH]c8c2CC(=O)c8c7C)C(CC)C6C)c(C(C)=O)c5C)C1C)CC(=O)c4c3C. The average molecular weight is 1130 g/mol. The molecule has 0 saturated carbocycles. The van der Waals surface area contributed by atoms with Gasteiger partial charge in [0.25, 0.3) is 0 Å². The highest BCUT2D eigenvalue weighted by Gasteiger charge is 2.39. The Morgan fingerprint density at radius 2 is 0.798 bits per heavy atom. The zero-order chi connectivity index (χ0) is 59.5. The topological polar surface area (TPSA) is 236 Å². The lowest BCUT2D eigenvalue weighted by molar-refractivity contribution is -0.152. The molecule has 0 radical (unpaired) electrons. The van der Waals surface area contributed by atoms with E-state index in [0.717, 1.165) is 125 Å². The van der Waals surface area contributed by atoms with Crippen LogP contribution in [0.25, 0.3) is 44.1 Å². The highest BCUT2D eigenvalue weighted by molar-refractivity contribution is 6.14. The van der Waals surface area contributed by atoms with Crippen molar-refractivity contribution in [3.8, 4) is 0 Å². The highest BCUT2D eigenvalue weighted by atomic mass is 16.6. The van der Waals surface area contributed by atoms with Gasteiger partial charge in [0.2, 0.25) is 0 Å². The third kappa shape index (κ3) is 9.34. The standard InChI is InChI=1S/C68H74N8O8/c1-13-39-29(3)45-27-55-61(37(11)77)33(7)49(71-55)23-47-31(5)41(65(73-47)43-21-57(79)63-35(9)51(75-67(43)63)25-53(39)69-45)15-17-59(81)83-19-20-84-60(82)18-16-42-32(6)48-24-50-34(8)62(38(12)78)56(72-50)28-46-30(4)40(14-2)54(70-46)26-52-36(10)64-58(80)22-44(66(42)74-48)68(64)76-52/h23-32,39-42,71-72,75-76H,13-22H2,1-12H3. The summed E-state index contributed by atoms with van der Waals surface area (Å²) in [5.41, 5.74) is 20.3. The number of carbonyl (C=O) groups excluding carboxylic acids is 6. The minimum absolute atomic E-state index is 0.0171. The number of ketones is 4. The summed E-state index contributed by atoms with van der Waals surface area (Å²) in [6, 6.07) is 12.1. The van der Waals surface area contributed by atoms with E-state index in [-0.39, 0.29) is 109 Å². The van der Waals surface area contributed by atoms with Gasteiger partial charge in [0, 0.05) is 163 Å². The molecule has 84 heavy (non-hydrogen) atoms. The molecule has 0 amide bonds. The monoisotopic (exact) mass is 1130 g/mol. The van der Waals surface area contributed by atoms with Crippen molar-refractivity contribution < 1.29 is 38.2 Å². The van der Waals surface area contributed by atoms with Crippen molar-refractivity contribution in [1.82, 2.24) is 39.9 Å². The molecule has 6 aromatic heterocycles. The van der Waals surface area contributed by atoms with Gasteiger partial charge in [0.15, 0.2) is 23.1 Å². The molecule has 0 spiro atoms. The highest BCUT2D eigenvalue weighted by Crippen LogP contribution is 2.48. The first-order chi connectivity index (χ1) is 40.1. The van der Waals surface area contributed by atoms with Crippen LogP contribution in [0.3, 0.4) is 0 Å². The quantitative estimate of drug-likeness (QED) is 0.0480. The number of nitrogens with zero attached hydrogens (tertiary/aromatic N) is 4. The smallest absolute Gasteiger partial charge is 0.305 e. The summed E-state index contributed by atoms with van der Waals surface area (Å²) in [6.07, 6.45) is 2.97. The van der Waals surface area contributed by atoms with E-state index in [0.29, 0.717) is 46.1 Å². The van der Waals surface area contributed by atoms with Crippen LogP contribution in [0.2, 0.25) is 0 Å². The second kappa shape index (κ2) is 21.5. The zero-order valence-corrected chi connectivity index (χ0v) is 50.2. The molecule has 8 atom stereocenters. The first-order valence-corrected chi connectivity index (χ1v) is 30.1. The van der Waals surface area contributed by atoms with Crippen LogP contribution in [0.15, 0.2) is 36.4 Å². The summed E-state index contributed by atoms with van der Waals surface area (Å²) in [6.45, 7) is 23.5. The normalized spacial score (nSPS) is 21.4. The molecule has 4 N–H and O–H groups in total. The first kappa shape index (κ1) is 56.3. The van der Waals surface area contributed by atoms with E-state index < -0.39 is 11.9 Å². The Kier molecular flexibility index (Phi) is 14.4. The van der Waals surface area contributed by atoms with E-state index >= 15 is 0 Å². The van der Waals surface area contributed by atoms with Crippen molar-refractivity contribution in [2.45, 2.75) is 182 Å². The number of rotatable bonds is 13. The number of ether oxygens (including phenoxy) is 2. The largest absolute Gasteiger partial charge is 0.462 e. The van der Waals surface area contributed by atoms with Crippen LogP contribution >= 0.6 is 0 Å². The molecule has 6 aromatic rings. The number of esters is 2. The second-order valence-electron chi connectivity index (χ2n) is 24.5. The lowest BCUT2D eigenvalue weighted by Crippen LogP contribution is -2.16. The molecular weight excluding hydrogens is 1060 g/mol. The minimum Gasteiger partial charge on any atom is -0.462 e. The molecule has 16 nitrogen and oxygen atoms in total. The molecule has 16 bridgehead atoms. The number of H-pyrrole nitrogens is 4. The summed E-state index contributed by atoms with van der Waals surface area (Å²) < 4.78 is 11.4. The Bertz CT molecular complexity index is 3960. The van der Waals surface area contributed by atoms with Crippen LogP contribution in [-0.2, 0) is 31.9 Å².